The summed E-state index contributed by atoms with van der Waals surface area (Å²) in [5.74, 6) is 0.913. The number of benzene rings is 1. The molecule has 6 heterocycles. The lowest BCUT2D eigenvalue weighted by Crippen LogP contribution is -2.70. The van der Waals surface area contributed by atoms with Gasteiger partial charge in [-0.2, -0.15) is 0 Å². The van der Waals surface area contributed by atoms with Gasteiger partial charge in [-0.05, 0) is 55.7 Å². The highest BCUT2D eigenvalue weighted by Gasteiger charge is 2.69. The molecule has 7 aliphatic rings. The second kappa shape index (κ2) is 10.9. The minimum Gasteiger partial charge on any atom is -0.454 e. The first-order chi connectivity index (χ1) is 20.2. The maximum absolute atomic E-state index is 13.0. The van der Waals surface area contributed by atoms with E-state index in [1.54, 1.807) is 0 Å². The van der Waals surface area contributed by atoms with Crippen LogP contribution in [-0.2, 0) is 40.1 Å². The van der Waals surface area contributed by atoms with Gasteiger partial charge in [0, 0.05) is 57.4 Å². The molecule has 230 valence electrons. The van der Waals surface area contributed by atoms with E-state index in [4.69, 9.17) is 33.5 Å². The van der Waals surface area contributed by atoms with E-state index >= 15 is 0 Å². The van der Waals surface area contributed by atoms with E-state index in [9.17, 15) is 9.59 Å². The monoisotopic (exact) mass is 586 g/mol. The van der Waals surface area contributed by atoms with Gasteiger partial charge >= 0.3 is 5.97 Å². The molecule has 1 spiro atoms. The van der Waals surface area contributed by atoms with Gasteiger partial charge in [-0.25, -0.2) is 9.78 Å². The van der Waals surface area contributed by atoms with Gasteiger partial charge in [0.25, 0.3) is 0 Å². The van der Waals surface area contributed by atoms with Crippen molar-refractivity contribution >= 4 is 11.9 Å². The summed E-state index contributed by atoms with van der Waals surface area (Å²) in [5, 5.41) is 0. The summed E-state index contributed by atoms with van der Waals surface area (Å²) in [6, 6.07) is 6.01. The van der Waals surface area contributed by atoms with Gasteiger partial charge in [-0.3, -0.25) is 14.5 Å². The van der Waals surface area contributed by atoms with Crippen molar-refractivity contribution in [2.24, 2.45) is 23.7 Å². The number of amides is 1. The average molecular weight is 587 g/mol. The smallest absolute Gasteiger partial charge is 0.308 e. The second-order valence-corrected chi connectivity index (χ2v) is 13.1. The number of fused-ring (bicyclic) bond motifs is 3. The molecule has 6 fully saturated rings. The third kappa shape index (κ3) is 4.96. The molecule has 6 aliphatic heterocycles. The van der Waals surface area contributed by atoms with E-state index in [2.05, 4.69) is 18.7 Å². The number of hydrogen-bond acceptors (Lipinski definition) is 10. The highest BCUT2D eigenvalue weighted by molar-refractivity contribution is 5.81. The van der Waals surface area contributed by atoms with E-state index in [0.717, 1.165) is 62.4 Å². The van der Waals surface area contributed by atoms with Crippen LogP contribution in [0.2, 0.25) is 0 Å². The topological polar surface area (TPSA) is 105 Å². The summed E-state index contributed by atoms with van der Waals surface area (Å²) in [7, 11) is 0. The van der Waals surface area contributed by atoms with Crippen molar-refractivity contribution in [2.75, 3.05) is 33.0 Å². The van der Waals surface area contributed by atoms with Gasteiger partial charge in [0.05, 0.1) is 6.42 Å². The second-order valence-electron chi connectivity index (χ2n) is 13.1. The average Bonchev–Trinajstić information content (AvgIpc) is 3.33. The molecule has 5 saturated heterocycles. The van der Waals surface area contributed by atoms with Crippen molar-refractivity contribution in [1.29, 1.82) is 0 Å². The van der Waals surface area contributed by atoms with Crippen molar-refractivity contribution in [3.05, 3.63) is 23.8 Å². The normalized spacial score (nSPS) is 39.0. The molecule has 8 rings (SSSR count). The number of nitrogens with zero attached hydrogens (tertiary/aromatic N) is 2. The van der Waals surface area contributed by atoms with E-state index in [1.165, 1.54) is 0 Å². The summed E-state index contributed by atoms with van der Waals surface area (Å²) in [5.41, 5.74) is 0.456. The standard InChI is InChI=1S/C31H42N2O9/c1-19-4-6-23-20(2)28(39-29-31(23)22(19)10-11-30(3,40-29)41-42-31)38-27(35)9-8-26(34)33-14-12-32(13-15-33)17-21-5-7-24-25(16-21)37-18-36-24/h5,7,16,19-20,22-23,28-29H,4,6,8-15,17-18H2,1-3H3/t19-,20-,22-,23-,28-,29-,30-,31-/m1/s1. The minimum atomic E-state index is -0.881. The fourth-order valence-electron chi connectivity index (χ4n) is 8.02. The maximum atomic E-state index is 13.0. The number of esters is 1. The Morgan fingerprint density at radius 2 is 1.79 bits per heavy atom. The van der Waals surface area contributed by atoms with E-state index in [0.29, 0.717) is 19.0 Å². The van der Waals surface area contributed by atoms with Crippen LogP contribution in [0.1, 0.15) is 64.9 Å². The molecule has 11 heteroatoms. The van der Waals surface area contributed by atoms with Crippen molar-refractivity contribution in [3.63, 3.8) is 0 Å². The van der Waals surface area contributed by atoms with E-state index in [1.807, 2.05) is 30.0 Å². The quantitative estimate of drug-likeness (QED) is 0.363. The van der Waals surface area contributed by atoms with Gasteiger partial charge in [0.1, 0.15) is 0 Å². The molecule has 1 aromatic carbocycles. The van der Waals surface area contributed by atoms with Crippen molar-refractivity contribution in [2.45, 2.75) is 89.8 Å². The van der Waals surface area contributed by atoms with Crippen LogP contribution in [0.3, 0.4) is 0 Å². The highest BCUT2D eigenvalue weighted by atomic mass is 17.3. The summed E-state index contributed by atoms with van der Waals surface area (Å²) >= 11 is 0. The Morgan fingerprint density at radius 3 is 2.62 bits per heavy atom. The van der Waals surface area contributed by atoms with Crippen LogP contribution >= 0.6 is 0 Å². The molecular formula is C31H42N2O9. The Kier molecular flexibility index (Phi) is 7.37. The zero-order chi connectivity index (χ0) is 29.1. The number of carbonyl (C=O) groups excluding carboxylic acids is 2. The lowest BCUT2D eigenvalue weighted by Gasteiger charge is -2.59. The Balaban J connectivity index is 0.904. The zero-order valence-electron chi connectivity index (χ0n) is 24.8. The van der Waals surface area contributed by atoms with Crippen LogP contribution < -0.4 is 9.47 Å². The Labute approximate surface area is 246 Å². The minimum absolute atomic E-state index is 0.0150. The molecule has 1 aliphatic carbocycles. The molecule has 0 aromatic heterocycles. The summed E-state index contributed by atoms with van der Waals surface area (Å²) < 4.78 is 29.4. The number of piperazine rings is 1. The zero-order valence-corrected chi connectivity index (χ0v) is 24.8. The summed E-state index contributed by atoms with van der Waals surface area (Å²) in [4.78, 5) is 42.1. The third-order valence-corrected chi connectivity index (χ3v) is 10.5. The largest absolute Gasteiger partial charge is 0.454 e. The lowest BCUT2D eigenvalue weighted by molar-refractivity contribution is -0.576. The van der Waals surface area contributed by atoms with Crippen LogP contribution in [0.4, 0.5) is 0 Å². The van der Waals surface area contributed by atoms with Crippen LogP contribution in [0, 0.1) is 23.7 Å². The molecule has 2 bridgehead atoms. The molecule has 0 N–H and O–H groups in total. The van der Waals surface area contributed by atoms with Gasteiger partial charge in [0.2, 0.25) is 24.8 Å². The predicted molar refractivity (Wildman–Crippen MR) is 147 cm³/mol. The molecule has 1 aromatic rings. The first kappa shape index (κ1) is 28.3. The van der Waals surface area contributed by atoms with Gasteiger partial charge in [-0.1, -0.05) is 19.9 Å². The van der Waals surface area contributed by atoms with Crippen LogP contribution in [0.15, 0.2) is 18.2 Å². The Morgan fingerprint density at radius 1 is 0.976 bits per heavy atom. The molecule has 0 unspecified atom stereocenters. The van der Waals surface area contributed by atoms with E-state index < -0.39 is 29.9 Å². The van der Waals surface area contributed by atoms with Crippen molar-refractivity contribution < 1.29 is 43.0 Å². The molecule has 11 nitrogen and oxygen atoms in total. The lowest BCUT2D eigenvalue weighted by atomic mass is 9.58. The number of carbonyl (C=O) groups is 2. The number of hydrogen-bond donors (Lipinski definition) is 0. The predicted octanol–water partition coefficient (Wildman–Crippen LogP) is 3.59. The molecule has 8 atom stereocenters. The van der Waals surface area contributed by atoms with Crippen LogP contribution in [0.5, 0.6) is 11.5 Å². The molecule has 1 saturated carbocycles. The van der Waals surface area contributed by atoms with Gasteiger partial charge < -0.3 is 28.6 Å². The van der Waals surface area contributed by atoms with Gasteiger partial charge in [0.15, 0.2) is 23.4 Å². The Bertz CT molecular complexity index is 1200. The molecular weight excluding hydrogens is 544 g/mol. The SMILES string of the molecule is C[C@H]1[C@H](OC(=O)CCC(=O)N2CCN(Cc3ccc4c(c3)OCO4)CC2)O[C@@H]2O[C@@]3(C)CC[C@@H]4[C@H](C)CC[C@H]1[C@@]24OO3. The van der Waals surface area contributed by atoms with E-state index in [-0.39, 0.29) is 43.3 Å². The number of ether oxygens (including phenoxy) is 5. The maximum Gasteiger partial charge on any atom is 0.308 e. The summed E-state index contributed by atoms with van der Waals surface area (Å²) in [6.07, 6.45) is 2.38. The molecule has 42 heavy (non-hydrogen) atoms. The molecule has 0 radical (unpaired) electrons. The first-order valence-corrected chi connectivity index (χ1v) is 15.5. The van der Waals surface area contributed by atoms with Crippen molar-refractivity contribution in [3.8, 4) is 11.5 Å². The summed E-state index contributed by atoms with van der Waals surface area (Å²) in [6.45, 7) is 10.0. The fraction of sp³-hybridized carbons (Fsp3) is 0.742. The highest BCUT2D eigenvalue weighted by Crippen LogP contribution is 2.60. The van der Waals surface area contributed by atoms with Crippen LogP contribution in [-0.4, -0.2) is 78.6 Å². The van der Waals surface area contributed by atoms with Crippen LogP contribution in [0.25, 0.3) is 0 Å². The molecule has 1 amide bonds. The number of rotatable bonds is 6. The van der Waals surface area contributed by atoms with Crippen molar-refractivity contribution in [1.82, 2.24) is 9.80 Å². The van der Waals surface area contributed by atoms with Gasteiger partial charge in [-0.15, -0.1) is 0 Å². The Hall–Kier alpha value is -2.44. The third-order valence-electron chi connectivity index (χ3n) is 10.5. The first-order valence-electron chi connectivity index (χ1n) is 15.5. The fourth-order valence-corrected chi connectivity index (χ4v) is 8.02.